The van der Waals surface area contributed by atoms with Gasteiger partial charge in [0, 0.05) is 29.9 Å². The number of aromatic carboxylic acids is 2. The first kappa shape index (κ1) is 28.8. The number of nitrogens with two attached hydrogens (primary N) is 2. The van der Waals surface area contributed by atoms with E-state index in [1.807, 2.05) is 12.1 Å². The van der Waals surface area contributed by atoms with E-state index in [9.17, 15) is 14.4 Å². The molecule has 0 aliphatic carbocycles. The Labute approximate surface area is 232 Å². The number of carbonyl (C=O) groups excluding carboxylic acids is 1. The molecule has 2 aromatic carbocycles. The summed E-state index contributed by atoms with van der Waals surface area (Å²) < 4.78 is 0. The van der Waals surface area contributed by atoms with Crippen LogP contribution in [0.15, 0.2) is 78.0 Å². The van der Waals surface area contributed by atoms with Gasteiger partial charge in [-0.15, -0.1) is 0 Å². The number of halogens is 2. The largest absolute Gasteiger partial charge is 0.478 e. The van der Waals surface area contributed by atoms with Crippen LogP contribution < -0.4 is 11.5 Å². The SMILES string of the molecule is Nc1cccc(C(=O)O)c1N.O=C(O)c1cccc2c1N=C(c1ccc(Cl)nc1)C2.O=Cc1ccc(Cl)nc1. The molecule has 2 aromatic heterocycles. The number of fused-ring (bicyclic) bond motifs is 1. The second kappa shape index (κ2) is 13.1. The predicted molar refractivity (Wildman–Crippen MR) is 149 cm³/mol. The molecule has 0 unspecified atom stereocenters. The molecule has 12 heteroatoms. The lowest BCUT2D eigenvalue weighted by Crippen LogP contribution is -2.04. The van der Waals surface area contributed by atoms with Crippen molar-refractivity contribution in [1.82, 2.24) is 9.97 Å². The van der Waals surface area contributed by atoms with Gasteiger partial charge in [-0.3, -0.25) is 9.79 Å². The smallest absolute Gasteiger partial charge is 0.337 e. The van der Waals surface area contributed by atoms with Crippen LogP contribution >= 0.6 is 23.2 Å². The maximum atomic E-state index is 11.1. The number of carboxylic acids is 2. The van der Waals surface area contributed by atoms with E-state index in [0.717, 1.165) is 23.1 Å². The van der Waals surface area contributed by atoms with Gasteiger partial charge in [-0.25, -0.2) is 19.6 Å². The van der Waals surface area contributed by atoms with E-state index in [2.05, 4.69) is 15.0 Å². The number of carboxylic acid groups (broad SMARTS) is 2. The maximum Gasteiger partial charge on any atom is 0.337 e. The fraction of sp³-hybridized carbons (Fsp3) is 0.0370. The zero-order chi connectivity index (χ0) is 28.5. The standard InChI is InChI=1S/C14H9ClN2O2.C7H8N2O2.C6H4ClNO/c15-12-5-4-9(7-16-12)11-6-8-2-1-3-10(14(18)19)13(8)17-11;8-5-3-1-2-4(6(5)9)7(10)11;7-6-2-1-5(4-9)3-8-6/h1-5,7H,6H2,(H,18,19);1-3H,8-9H2,(H,10,11);1-4H. The monoisotopic (exact) mass is 565 g/mol. The number of hydrogen-bond donors (Lipinski definition) is 4. The maximum absolute atomic E-state index is 11.1. The summed E-state index contributed by atoms with van der Waals surface area (Å²) in [4.78, 5) is 43.7. The van der Waals surface area contributed by atoms with Gasteiger partial charge < -0.3 is 21.7 Å². The van der Waals surface area contributed by atoms with E-state index in [1.165, 1.54) is 12.3 Å². The molecule has 0 saturated carbocycles. The average molecular weight is 566 g/mol. The van der Waals surface area contributed by atoms with E-state index < -0.39 is 11.9 Å². The normalized spacial score (nSPS) is 11.1. The molecular weight excluding hydrogens is 545 g/mol. The van der Waals surface area contributed by atoms with Gasteiger partial charge in [0.25, 0.3) is 0 Å². The van der Waals surface area contributed by atoms with Gasteiger partial charge in [0.05, 0.1) is 33.9 Å². The summed E-state index contributed by atoms with van der Waals surface area (Å²) in [7, 11) is 0. The number of benzene rings is 2. The number of aliphatic imine (C=N–C) groups is 1. The summed E-state index contributed by atoms with van der Waals surface area (Å²) in [5.74, 6) is -2.02. The minimum atomic E-state index is -1.06. The Bertz CT molecular complexity index is 1540. The van der Waals surface area contributed by atoms with Crippen molar-refractivity contribution in [1.29, 1.82) is 0 Å². The highest BCUT2D eigenvalue weighted by Crippen LogP contribution is 2.32. The van der Waals surface area contributed by atoms with Crippen molar-refractivity contribution in [3.05, 3.63) is 111 Å². The highest BCUT2D eigenvalue weighted by Gasteiger charge is 2.21. The van der Waals surface area contributed by atoms with Crippen molar-refractivity contribution in [3.8, 4) is 0 Å². The van der Waals surface area contributed by atoms with Gasteiger partial charge in [0.1, 0.15) is 10.3 Å². The van der Waals surface area contributed by atoms with Crippen LogP contribution in [0.2, 0.25) is 10.3 Å². The molecule has 0 saturated heterocycles. The second-order valence-corrected chi connectivity index (χ2v) is 8.64. The van der Waals surface area contributed by atoms with Crippen LogP contribution in [0, 0.1) is 0 Å². The summed E-state index contributed by atoms with van der Waals surface area (Å²) in [5, 5.41) is 18.5. The molecule has 0 bridgehead atoms. The molecular formula is C27H21Cl2N5O5. The van der Waals surface area contributed by atoms with Gasteiger partial charge in [0.15, 0.2) is 6.29 Å². The Morgan fingerprint density at radius 2 is 1.44 bits per heavy atom. The topological polar surface area (TPSA) is 182 Å². The third-order valence-corrected chi connectivity index (χ3v) is 5.72. The number of aromatic nitrogens is 2. The van der Waals surface area contributed by atoms with Crippen molar-refractivity contribution >= 4 is 64.2 Å². The minimum absolute atomic E-state index is 0.0463. The Morgan fingerprint density at radius 1 is 0.821 bits per heavy atom. The summed E-state index contributed by atoms with van der Waals surface area (Å²) in [6, 6.07) is 16.4. The van der Waals surface area contributed by atoms with Crippen LogP contribution in [0.1, 0.15) is 42.2 Å². The molecule has 0 atom stereocenters. The highest BCUT2D eigenvalue weighted by atomic mass is 35.5. The predicted octanol–water partition coefficient (Wildman–Crippen LogP) is 5.21. The van der Waals surface area contributed by atoms with Gasteiger partial charge in [0.2, 0.25) is 0 Å². The van der Waals surface area contributed by atoms with Gasteiger partial charge in [-0.2, -0.15) is 0 Å². The molecule has 4 aromatic rings. The Hall–Kier alpha value is -4.80. The quantitative estimate of drug-likeness (QED) is 0.146. The molecule has 0 amide bonds. The fourth-order valence-electron chi connectivity index (χ4n) is 3.33. The molecule has 198 valence electrons. The first-order chi connectivity index (χ1) is 18.6. The molecule has 5 rings (SSSR count). The number of hydrogen-bond acceptors (Lipinski definition) is 8. The Balaban J connectivity index is 0.000000179. The molecule has 1 aliphatic heterocycles. The van der Waals surface area contributed by atoms with Crippen LogP contribution in [0.3, 0.4) is 0 Å². The molecule has 3 heterocycles. The van der Waals surface area contributed by atoms with E-state index in [-0.39, 0.29) is 16.8 Å². The molecule has 10 nitrogen and oxygen atoms in total. The third kappa shape index (κ3) is 7.60. The van der Waals surface area contributed by atoms with Gasteiger partial charge in [-0.05, 0) is 48.0 Å². The lowest BCUT2D eigenvalue weighted by atomic mass is 10.0. The molecule has 6 N–H and O–H groups in total. The highest BCUT2D eigenvalue weighted by molar-refractivity contribution is 6.29. The van der Waals surface area contributed by atoms with E-state index >= 15 is 0 Å². The molecule has 0 spiro atoms. The third-order valence-electron chi connectivity index (χ3n) is 5.27. The number of carbonyl (C=O) groups is 3. The number of pyridine rings is 2. The minimum Gasteiger partial charge on any atom is -0.478 e. The average Bonchev–Trinajstić information content (AvgIpc) is 3.36. The number of rotatable bonds is 4. The number of para-hydroxylation sites is 2. The zero-order valence-corrected chi connectivity index (χ0v) is 21.6. The van der Waals surface area contributed by atoms with Crippen LogP contribution in [0.4, 0.5) is 17.1 Å². The lowest BCUT2D eigenvalue weighted by Gasteiger charge is -2.01. The fourth-order valence-corrected chi connectivity index (χ4v) is 3.56. The van der Waals surface area contributed by atoms with E-state index in [1.54, 1.807) is 48.7 Å². The number of nitrogen functional groups attached to an aromatic ring is 2. The molecule has 39 heavy (non-hydrogen) atoms. The Kier molecular flexibility index (Phi) is 9.69. The zero-order valence-electron chi connectivity index (χ0n) is 20.1. The summed E-state index contributed by atoms with van der Waals surface area (Å²) in [6.45, 7) is 0. The summed E-state index contributed by atoms with van der Waals surface area (Å²) in [5.41, 5.74) is 15.1. The van der Waals surface area contributed by atoms with Gasteiger partial charge in [-0.1, -0.05) is 41.4 Å². The van der Waals surface area contributed by atoms with Crippen molar-refractivity contribution in [2.24, 2.45) is 4.99 Å². The van der Waals surface area contributed by atoms with Crippen molar-refractivity contribution < 1.29 is 24.6 Å². The summed E-state index contributed by atoms with van der Waals surface area (Å²) >= 11 is 11.2. The second-order valence-electron chi connectivity index (χ2n) is 7.87. The van der Waals surface area contributed by atoms with Crippen molar-refractivity contribution in [3.63, 3.8) is 0 Å². The van der Waals surface area contributed by atoms with Crippen LogP contribution in [0.5, 0.6) is 0 Å². The van der Waals surface area contributed by atoms with E-state index in [0.29, 0.717) is 33.7 Å². The molecule has 1 aliphatic rings. The van der Waals surface area contributed by atoms with Crippen molar-refractivity contribution in [2.45, 2.75) is 6.42 Å². The number of anilines is 2. The number of aldehydes is 1. The lowest BCUT2D eigenvalue weighted by molar-refractivity contribution is 0.0687. The van der Waals surface area contributed by atoms with Crippen LogP contribution in [-0.2, 0) is 6.42 Å². The van der Waals surface area contributed by atoms with Crippen molar-refractivity contribution in [2.75, 3.05) is 11.5 Å². The first-order valence-electron chi connectivity index (χ1n) is 11.1. The van der Waals surface area contributed by atoms with Crippen LogP contribution in [0.25, 0.3) is 0 Å². The molecule has 0 fully saturated rings. The van der Waals surface area contributed by atoms with E-state index in [4.69, 9.17) is 44.9 Å². The number of nitrogens with zero attached hydrogens (tertiary/aromatic N) is 3. The molecule has 0 radical (unpaired) electrons. The summed E-state index contributed by atoms with van der Waals surface area (Å²) in [6.07, 6.45) is 4.41. The van der Waals surface area contributed by atoms with Gasteiger partial charge >= 0.3 is 11.9 Å². The van der Waals surface area contributed by atoms with Crippen LogP contribution in [-0.4, -0.2) is 44.1 Å². The Morgan fingerprint density at radius 3 is 1.97 bits per heavy atom. The first-order valence-corrected chi connectivity index (χ1v) is 11.8.